The predicted octanol–water partition coefficient (Wildman–Crippen LogP) is 5.04. The van der Waals surface area contributed by atoms with Gasteiger partial charge in [-0.25, -0.2) is 0 Å². The van der Waals surface area contributed by atoms with E-state index in [2.05, 4.69) is 10.3 Å². The molecule has 0 unspecified atom stereocenters. The lowest BCUT2D eigenvalue weighted by atomic mass is 9.88. The van der Waals surface area contributed by atoms with E-state index >= 15 is 0 Å². The molecule has 0 spiro atoms. The zero-order chi connectivity index (χ0) is 18.6. The second-order valence-corrected chi connectivity index (χ2v) is 8.59. The fourth-order valence-corrected chi connectivity index (χ4v) is 4.78. The van der Waals surface area contributed by atoms with Crippen LogP contribution in [0.5, 0.6) is 5.75 Å². The van der Waals surface area contributed by atoms with E-state index in [0.717, 1.165) is 37.0 Å². The Morgan fingerprint density at radius 2 is 1.85 bits per heavy atom. The first-order valence-corrected chi connectivity index (χ1v) is 10.8. The molecule has 2 fully saturated rings. The highest BCUT2D eigenvalue weighted by Gasteiger charge is 2.24. The molecule has 0 saturated heterocycles. The molecule has 2 aromatic rings. The van der Waals surface area contributed by atoms with Gasteiger partial charge in [0.25, 0.3) is 5.56 Å². The fraction of sp³-hybridized carbons (Fsp3) is 0.591. The van der Waals surface area contributed by atoms with Crippen LogP contribution in [0.2, 0.25) is 5.02 Å². The van der Waals surface area contributed by atoms with Crippen molar-refractivity contribution in [2.24, 2.45) is 5.92 Å². The summed E-state index contributed by atoms with van der Waals surface area (Å²) in [6, 6.07) is 6.10. The number of pyridine rings is 1. The lowest BCUT2D eigenvalue weighted by Crippen LogP contribution is -2.39. The van der Waals surface area contributed by atoms with Crippen molar-refractivity contribution in [1.82, 2.24) is 10.3 Å². The second-order valence-electron chi connectivity index (χ2n) is 8.18. The van der Waals surface area contributed by atoms with Crippen LogP contribution in [0.1, 0.15) is 57.8 Å². The molecule has 1 aromatic heterocycles. The predicted molar refractivity (Wildman–Crippen MR) is 111 cm³/mol. The minimum Gasteiger partial charge on any atom is -0.489 e. The second kappa shape index (κ2) is 8.66. The third kappa shape index (κ3) is 4.67. The van der Waals surface area contributed by atoms with Crippen molar-refractivity contribution in [3.63, 3.8) is 0 Å². The largest absolute Gasteiger partial charge is 0.489 e. The van der Waals surface area contributed by atoms with Gasteiger partial charge in [0.05, 0.1) is 11.1 Å². The number of rotatable bonds is 5. The fourth-order valence-electron chi connectivity index (χ4n) is 4.57. The Kier molecular flexibility index (Phi) is 6.04. The molecular weight excluding hydrogens is 360 g/mol. The summed E-state index contributed by atoms with van der Waals surface area (Å²) in [5, 5.41) is 5.77. The van der Waals surface area contributed by atoms with Gasteiger partial charge in [-0.2, -0.15) is 0 Å². The molecule has 2 saturated carbocycles. The van der Waals surface area contributed by atoms with E-state index in [0.29, 0.717) is 22.2 Å². The van der Waals surface area contributed by atoms with Gasteiger partial charge < -0.3 is 15.0 Å². The minimum absolute atomic E-state index is 0.120. The normalized spacial score (nSPS) is 24.2. The first kappa shape index (κ1) is 18.8. The summed E-state index contributed by atoms with van der Waals surface area (Å²) in [6.45, 7) is 1.18. The molecule has 0 radical (unpaired) electrons. The van der Waals surface area contributed by atoms with Gasteiger partial charge in [0.1, 0.15) is 5.75 Å². The molecule has 4 nitrogen and oxygen atoms in total. The van der Waals surface area contributed by atoms with Crippen LogP contribution in [0.25, 0.3) is 10.8 Å². The first-order chi connectivity index (χ1) is 13.2. The summed E-state index contributed by atoms with van der Waals surface area (Å²) in [7, 11) is 0. The number of ether oxygens (including phenoxy) is 1. The zero-order valence-corrected chi connectivity index (χ0v) is 16.6. The monoisotopic (exact) mass is 388 g/mol. The Bertz CT molecular complexity index is 821. The van der Waals surface area contributed by atoms with Crippen molar-refractivity contribution >= 4 is 22.4 Å². The number of hydrogen-bond donors (Lipinski definition) is 2. The third-order valence-corrected chi connectivity index (χ3v) is 6.51. The number of hydrogen-bond acceptors (Lipinski definition) is 3. The molecule has 2 aliphatic rings. The number of halogens is 1. The molecule has 4 rings (SSSR count). The van der Waals surface area contributed by atoms with Crippen LogP contribution in [0.3, 0.4) is 0 Å². The summed E-state index contributed by atoms with van der Waals surface area (Å²) in [6.07, 6.45) is 13.3. The van der Waals surface area contributed by atoms with Gasteiger partial charge in [0.2, 0.25) is 0 Å². The summed E-state index contributed by atoms with van der Waals surface area (Å²) in [4.78, 5) is 14.6. The van der Waals surface area contributed by atoms with Crippen LogP contribution in [0, 0.1) is 5.92 Å². The Hall–Kier alpha value is -1.52. The zero-order valence-electron chi connectivity index (χ0n) is 15.8. The molecule has 0 atom stereocenters. The van der Waals surface area contributed by atoms with Crippen LogP contribution in [0.15, 0.2) is 29.2 Å². The van der Waals surface area contributed by atoms with E-state index in [-0.39, 0.29) is 11.7 Å². The maximum atomic E-state index is 11.9. The summed E-state index contributed by atoms with van der Waals surface area (Å²) in [5.41, 5.74) is -0.120. The van der Waals surface area contributed by atoms with Gasteiger partial charge in [0.15, 0.2) is 0 Å². The van der Waals surface area contributed by atoms with E-state index in [1.54, 1.807) is 12.3 Å². The van der Waals surface area contributed by atoms with Crippen molar-refractivity contribution in [3.8, 4) is 5.75 Å². The van der Waals surface area contributed by atoms with Gasteiger partial charge in [-0.15, -0.1) is 0 Å². The maximum absolute atomic E-state index is 11.9. The summed E-state index contributed by atoms with van der Waals surface area (Å²) in [5.74, 6) is 1.57. The number of aromatic amines is 1. The highest BCUT2D eigenvalue weighted by Crippen LogP contribution is 2.32. The van der Waals surface area contributed by atoms with E-state index in [1.165, 1.54) is 38.6 Å². The highest BCUT2D eigenvalue weighted by molar-refractivity contribution is 6.32. The molecule has 1 heterocycles. The van der Waals surface area contributed by atoms with Crippen LogP contribution in [-0.2, 0) is 0 Å². The van der Waals surface area contributed by atoms with Gasteiger partial charge >= 0.3 is 0 Å². The minimum atomic E-state index is -0.120. The molecule has 0 amide bonds. The summed E-state index contributed by atoms with van der Waals surface area (Å²) < 4.78 is 6.20. The molecule has 0 aliphatic heterocycles. The molecule has 146 valence electrons. The van der Waals surface area contributed by atoms with Crippen molar-refractivity contribution in [2.75, 3.05) is 6.54 Å². The quantitative estimate of drug-likeness (QED) is 0.754. The number of H-pyrrole nitrogens is 1. The smallest absolute Gasteiger partial charge is 0.255 e. The molecular formula is C22H29ClN2O2. The lowest BCUT2D eigenvalue weighted by molar-refractivity contribution is 0.138. The highest BCUT2D eigenvalue weighted by atomic mass is 35.5. The van der Waals surface area contributed by atoms with Crippen molar-refractivity contribution < 1.29 is 4.74 Å². The van der Waals surface area contributed by atoms with Gasteiger partial charge in [-0.1, -0.05) is 30.9 Å². The lowest BCUT2D eigenvalue weighted by Gasteiger charge is -2.31. The molecule has 5 heteroatoms. The third-order valence-electron chi connectivity index (χ3n) is 6.21. The summed E-state index contributed by atoms with van der Waals surface area (Å²) >= 11 is 6.37. The molecule has 0 bridgehead atoms. The Morgan fingerprint density at radius 1 is 1.07 bits per heavy atom. The van der Waals surface area contributed by atoms with Crippen LogP contribution in [-0.4, -0.2) is 23.7 Å². The van der Waals surface area contributed by atoms with Gasteiger partial charge in [0, 0.05) is 17.6 Å². The molecule has 27 heavy (non-hydrogen) atoms. The van der Waals surface area contributed by atoms with Crippen molar-refractivity contribution in [3.05, 3.63) is 39.8 Å². The Balaban J connectivity index is 1.30. The number of benzene rings is 1. The average Bonchev–Trinajstić information content (AvgIpc) is 2.70. The topological polar surface area (TPSA) is 54.1 Å². The van der Waals surface area contributed by atoms with E-state index in [1.807, 2.05) is 12.1 Å². The molecule has 2 N–H and O–H groups in total. The van der Waals surface area contributed by atoms with E-state index < -0.39 is 0 Å². The van der Waals surface area contributed by atoms with E-state index in [9.17, 15) is 4.79 Å². The Morgan fingerprint density at radius 3 is 2.63 bits per heavy atom. The average molecular weight is 389 g/mol. The van der Waals surface area contributed by atoms with Gasteiger partial charge in [-0.05, 0) is 74.6 Å². The maximum Gasteiger partial charge on any atom is 0.255 e. The van der Waals surface area contributed by atoms with Crippen LogP contribution in [0.4, 0.5) is 0 Å². The van der Waals surface area contributed by atoms with Crippen molar-refractivity contribution in [2.45, 2.75) is 69.9 Å². The van der Waals surface area contributed by atoms with Crippen LogP contribution < -0.4 is 15.6 Å². The molecule has 2 aliphatic carbocycles. The Labute approximate surface area is 165 Å². The number of nitrogens with one attached hydrogen (secondary N) is 2. The first-order valence-electron chi connectivity index (χ1n) is 10.4. The van der Waals surface area contributed by atoms with Crippen LogP contribution >= 0.6 is 11.6 Å². The standard InChI is InChI=1S/C22H29ClN2O2/c23-20-13-19-16(10-11-24-22(19)26)12-21(20)27-18-8-6-17(7-9-18)25-14-15-4-2-1-3-5-15/h10-13,15,17-18,25H,1-9,14H2,(H,24,26)/t17-,18-. The molecule has 1 aromatic carbocycles. The van der Waals surface area contributed by atoms with E-state index in [4.69, 9.17) is 16.3 Å². The van der Waals surface area contributed by atoms with Crippen molar-refractivity contribution in [1.29, 1.82) is 0 Å². The van der Waals surface area contributed by atoms with Gasteiger partial charge in [-0.3, -0.25) is 4.79 Å². The number of fused-ring (bicyclic) bond motifs is 1. The SMILES string of the molecule is O=c1[nH]ccc2cc(O[C@H]3CC[C@H](NCC4CCCCC4)CC3)c(Cl)cc12. The number of aromatic nitrogens is 1.